The van der Waals surface area contributed by atoms with Crippen molar-refractivity contribution in [3.8, 4) is 0 Å². The smallest absolute Gasteiger partial charge is 0.0471 e. The number of hydrogen-bond donors (Lipinski definition) is 2. The molecule has 0 fully saturated rings. The molecule has 0 bridgehead atoms. The van der Waals surface area contributed by atoms with E-state index in [1.54, 1.807) is 12.1 Å². The number of aliphatic hydroxyl groups is 1. The van der Waals surface area contributed by atoms with E-state index in [2.05, 4.69) is 15.9 Å². The van der Waals surface area contributed by atoms with Gasteiger partial charge in [-0.1, -0.05) is 11.6 Å². The van der Waals surface area contributed by atoms with Crippen molar-refractivity contribution in [1.82, 2.24) is 0 Å². The molecule has 0 radical (unpaired) electrons. The topological polar surface area (TPSA) is 46.2 Å². The molecule has 12 heavy (non-hydrogen) atoms. The molecule has 0 unspecified atom stereocenters. The Bertz CT molecular complexity index is 291. The van der Waals surface area contributed by atoms with E-state index in [9.17, 15) is 0 Å². The van der Waals surface area contributed by atoms with Gasteiger partial charge in [0.25, 0.3) is 0 Å². The standard InChI is InChI=1S/C8H9BrClNO/c9-6-4-7(10)5(1-2-12)3-8(6)11/h3-4,12H,1-2,11H2. The quantitative estimate of drug-likeness (QED) is 0.791. The predicted molar refractivity (Wildman–Crippen MR) is 54.4 cm³/mol. The number of nitrogens with two attached hydrogens (primary N) is 1. The summed E-state index contributed by atoms with van der Waals surface area (Å²) in [6.45, 7) is 0.0841. The molecule has 4 heteroatoms. The number of rotatable bonds is 2. The van der Waals surface area contributed by atoms with Crippen LogP contribution in [0.3, 0.4) is 0 Å². The van der Waals surface area contributed by atoms with Crippen molar-refractivity contribution < 1.29 is 5.11 Å². The Labute approximate surface area is 84.5 Å². The molecular formula is C8H9BrClNO. The molecule has 0 spiro atoms. The average molecular weight is 251 g/mol. The van der Waals surface area contributed by atoms with Gasteiger partial charge >= 0.3 is 0 Å². The van der Waals surface area contributed by atoms with E-state index >= 15 is 0 Å². The van der Waals surface area contributed by atoms with Crippen LogP contribution in [0.1, 0.15) is 5.56 Å². The molecule has 0 aliphatic carbocycles. The monoisotopic (exact) mass is 249 g/mol. The molecule has 2 nitrogen and oxygen atoms in total. The summed E-state index contributed by atoms with van der Waals surface area (Å²) in [5.74, 6) is 0. The fourth-order valence-corrected chi connectivity index (χ4v) is 1.66. The van der Waals surface area contributed by atoms with Crippen molar-refractivity contribution in [2.24, 2.45) is 0 Å². The molecule has 1 aromatic rings. The maximum atomic E-state index is 8.69. The van der Waals surface area contributed by atoms with E-state index in [-0.39, 0.29) is 6.61 Å². The summed E-state index contributed by atoms with van der Waals surface area (Å²) in [6.07, 6.45) is 0.538. The summed E-state index contributed by atoms with van der Waals surface area (Å²) in [5, 5.41) is 9.32. The van der Waals surface area contributed by atoms with Crippen molar-refractivity contribution in [3.63, 3.8) is 0 Å². The first-order valence-corrected chi connectivity index (χ1v) is 4.66. The fourth-order valence-electron chi connectivity index (χ4n) is 0.925. The molecular weight excluding hydrogens is 241 g/mol. The Kier molecular flexibility index (Phi) is 3.38. The number of hydrogen-bond acceptors (Lipinski definition) is 2. The highest BCUT2D eigenvalue weighted by molar-refractivity contribution is 9.10. The van der Waals surface area contributed by atoms with Gasteiger partial charge in [-0.2, -0.15) is 0 Å². The summed E-state index contributed by atoms with van der Waals surface area (Å²) < 4.78 is 0.786. The average Bonchev–Trinajstić information content (AvgIpc) is 2.01. The number of aliphatic hydroxyl groups excluding tert-OH is 1. The Morgan fingerprint density at radius 3 is 2.75 bits per heavy atom. The zero-order valence-corrected chi connectivity index (χ0v) is 8.69. The van der Waals surface area contributed by atoms with E-state index in [1.807, 2.05) is 0 Å². The summed E-state index contributed by atoms with van der Waals surface area (Å²) in [6, 6.07) is 3.50. The summed E-state index contributed by atoms with van der Waals surface area (Å²) in [4.78, 5) is 0. The zero-order valence-electron chi connectivity index (χ0n) is 6.35. The van der Waals surface area contributed by atoms with Crippen LogP contribution in [0.5, 0.6) is 0 Å². The Morgan fingerprint density at radius 2 is 2.17 bits per heavy atom. The lowest BCUT2D eigenvalue weighted by Gasteiger charge is -2.05. The molecule has 0 atom stereocenters. The third-order valence-electron chi connectivity index (χ3n) is 1.55. The second kappa shape index (κ2) is 4.12. The first-order valence-electron chi connectivity index (χ1n) is 3.49. The van der Waals surface area contributed by atoms with Crippen LogP contribution in [-0.2, 0) is 6.42 Å². The number of nitrogen functional groups attached to an aromatic ring is 1. The van der Waals surface area contributed by atoms with Gasteiger partial charge < -0.3 is 10.8 Å². The summed E-state index contributed by atoms with van der Waals surface area (Å²) in [5.41, 5.74) is 7.15. The minimum absolute atomic E-state index is 0.0841. The van der Waals surface area contributed by atoms with E-state index in [4.69, 9.17) is 22.4 Å². The van der Waals surface area contributed by atoms with Crippen LogP contribution in [0, 0.1) is 0 Å². The van der Waals surface area contributed by atoms with Gasteiger partial charge in [-0.25, -0.2) is 0 Å². The first kappa shape index (κ1) is 9.84. The summed E-state index contributed by atoms with van der Waals surface area (Å²) in [7, 11) is 0. The van der Waals surface area contributed by atoms with Crippen LogP contribution in [0.15, 0.2) is 16.6 Å². The van der Waals surface area contributed by atoms with Crippen molar-refractivity contribution in [2.75, 3.05) is 12.3 Å². The maximum Gasteiger partial charge on any atom is 0.0471 e. The van der Waals surface area contributed by atoms with E-state index < -0.39 is 0 Å². The van der Waals surface area contributed by atoms with Gasteiger partial charge in [0, 0.05) is 21.8 Å². The van der Waals surface area contributed by atoms with Gasteiger partial charge in [0.05, 0.1) is 0 Å². The molecule has 0 aliphatic rings. The second-order valence-corrected chi connectivity index (χ2v) is 3.70. The second-order valence-electron chi connectivity index (χ2n) is 2.44. The molecule has 0 aliphatic heterocycles. The lowest BCUT2D eigenvalue weighted by molar-refractivity contribution is 0.299. The van der Waals surface area contributed by atoms with Crippen molar-refractivity contribution in [2.45, 2.75) is 6.42 Å². The molecule has 0 heterocycles. The number of anilines is 1. The van der Waals surface area contributed by atoms with Crippen LogP contribution in [0.4, 0.5) is 5.69 Å². The van der Waals surface area contributed by atoms with Crippen LogP contribution in [-0.4, -0.2) is 11.7 Å². The van der Waals surface area contributed by atoms with Gasteiger partial charge in [0.1, 0.15) is 0 Å². The Hall–Kier alpha value is -0.250. The third kappa shape index (κ3) is 2.12. The molecule has 66 valence electrons. The van der Waals surface area contributed by atoms with Crippen molar-refractivity contribution in [3.05, 3.63) is 27.2 Å². The highest BCUT2D eigenvalue weighted by atomic mass is 79.9. The Balaban J connectivity index is 3.05. The SMILES string of the molecule is Nc1cc(CCO)c(Cl)cc1Br. The molecule has 1 aromatic carbocycles. The molecule has 3 N–H and O–H groups in total. The van der Waals surface area contributed by atoms with Gasteiger partial charge in [-0.15, -0.1) is 0 Å². The van der Waals surface area contributed by atoms with Gasteiger partial charge in [0.2, 0.25) is 0 Å². The molecule has 0 saturated carbocycles. The molecule has 0 aromatic heterocycles. The fraction of sp³-hybridized carbons (Fsp3) is 0.250. The van der Waals surface area contributed by atoms with Crippen LogP contribution in [0.2, 0.25) is 5.02 Å². The normalized spacial score (nSPS) is 10.2. The first-order chi connectivity index (χ1) is 5.65. The lowest BCUT2D eigenvalue weighted by atomic mass is 10.1. The Morgan fingerprint density at radius 1 is 1.50 bits per heavy atom. The zero-order chi connectivity index (χ0) is 9.14. The van der Waals surface area contributed by atoms with Gasteiger partial charge in [-0.3, -0.25) is 0 Å². The third-order valence-corrected chi connectivity index (χ3v) is 2.59. The minimum atomic E-state index is 0.0841. The summed E-state index contributed by atoms with van der Waals surface area (Å²) >= 11 is 9.14. The van der Waals surface area contributed by atoms with Crippen molar-refractivity contribution >= 4 is 33.2 Å². The minimum Gasteiger partial charge on any atom is -0.398 e. The number of benzene rings is 1. The van der Waals surface area contributed by atoms with E-state index in [0.717, 1.165) is 10.0 Å². The van der Waals surface area contributed by atoms with Gasteiger partial charge in [0.15, 0.2) is 0 Å². The van der Waals surface area contributed by atoms with Crippen LogP contribution >= 0.6 is 27.5 Å². The van der Waals surface area contributed by atoms with E-state index in [0.29, 0.717) is 17.1 Å². The highest BCUT2D eigenvalue weighted by Gasteiger charge is 2.03. The molecule has 0 amide bonds. The molecule has 1 rings (SSSR count). The predicted octanol–water partition coefficient (Wildman–Crippen LogP) is 2.22. The highest BCUT2D eigenvalue weighted by Crippen LogP contribution is 2.27. The largest absolute Gasteiger partial charge is 0.398 e. The van der Waals surface area contributed by atoms with E-state index in [1.165, 1.54) is 0 Å². The van der Waals surface area contributed by atoms with Gasteiger partial charge in [-0.05, 0) is 40.0 Å². The maximum absolute atomic E-state index is 8.69. The molecule has 0 saturated heterocycles. The van der Waals surface area contributed by atoms with Crippen molar-refractivity contribution in [1.29, 1.82) is 0 Å². The lowest BCUT2D eigenvalue weighted by Crippen LogP contribution is -1.95. The number of halogens is 2. The van der Waals surface area contributed by atoms with Crippen LogP contribution in [0.25, 0.3) is 0 Å². The van der Waals surface area contributed by atoms with Crippen LogP contribution < -0.4 is 5.73 Å².